The maximum atomic E-state index is 11.8. The molecule has 0 aromatic rings. The SMILES string of the molecule is O=C(OC(F)(F)C(=O)O)C(F)(F)F. The fourth-order valence-electron chi connectivity index (χ4n) is 0.218. The molecular weight excluding hydrogens is 207 g/mol. The summed E-state index contributed by atoms with van der Waals surface area (Å²) in [5, 5.41) is 7.56. The van der Waals surface area contributed by atoms with Gasteiger partial charge in [-0.15, -0.1) is 0 Å². The van der Waals surface area contributed by atoms with Crippen LogP contribution in [0.1, 0.15) is 0 Å². The number of esters is 1. The molecule has 0 atom stereocenters. The first kappa shape index (κ1) is 11.6. The summed E-state index contributed by atoms with van der Waals surface area (Å²) in [6, 6.07) is 0. The normalized spacial score (nSPS) is 12.4. The van der Waals surface area contributed by atoms with Crippen LogP contribution in [0.2, 0.25) is 0 Å². The van der Waals surface area contributed by atoms with Crippen LogP contribution < -0.4 is 0 Å². The van der Waals surface area contributed by atoms with Gasteiger partial charge < -0.3 is 9.84 Å². The second-order valence-electron chi connectivity index (χ2n) is 1.71. The lowest BCUT2D eigenvalue weighted by molar-refractivity contribution is -0.264. The first-order valence-electron chi connectivity index (χ1n) is 2.49. The fraction of sp³-hybridized carbons (Fsp3) is 0.500. The first-order chi connectivity index (χ1) is 5.57. The van der Waals surface area contributed by atoms with Crippen LogP contribution in [0.3, 0.4) is 0 Å². The molecule has 0 aromatic heterocycles. The molecule has 13 heavy (non-hydrogen) atoms. The molecule has 1 N–H and O–H groups in total. The van der Waals surface area contributed by atoms with Crippen LogP contribution >= 0.6 is 0 Å². The molecule has 0 unspecified atom stereocenters. The fourth-order valence-corrected chi connectivity index (χ4v) is 0.218. The van der Waals surface area contributed by atoms with E-state index in [0.29, 0.717) is 0 Å². The number of rotatable bonds is 2. The third-order valence-corrected chi connectivity index (χ3v) is 0.701. The lowest BCUT2D eigenvalue weighted by Crippen LogP contribution is -2.39. The number of carbonyl (C=O) groups is 2. The quantitative estimate of drug-likeness (QED) is 0.537. The van der Waals surface area contributed by atoms with Crippen molar-refractivity contribution in [3.63, 3.8) is 0 Å². The number of alkyl halides is 5. The number of hydrogen-bond acceptors (Lipinski definition) is 3. The highest BCUT2D eigenvalue weighted by Gasteiger charge is 2.51. The largest absolute Gasteiger partial charge is 0.504 e. The van der Waals surface area contributed by atoms with Crippen molar-refractivity contribution < 1.29 is 41.4 Å². The highest BCUT2D eigenvalue weighted by molar-refractivity contribution is 5.81. The van der Waals surface area contributed by atoms with E-state index in [9.17, 15) is 31.5 Å². The van der Waals surface area contributed by atoms with Crippen molar-refractivity contribution in [2.75, 3.05) is 0 Å². The number of carboxylic acids is 1. The van der Waals surface area contributed by atoms with Gasteiger partial charge in [-0.25, -0.2) is 9.59 Å². The molecule has 0 amide bonds. The summed E-state index contributed by atoms with van der Waals surface area (Å²) in [4.78, 5) is 19.2. The molecule has 0 bridgehead atoms. The monoisotopic (exact) mass is 208 g/mol. The summed E-state index contributed by atoms with van der Waals surface area (Å²) >= 11 is 0. The maximum absolute atomic E-state index is 11.8. The molecule has 0 rings (SSSR count). The van der Waals surface area contributed by atoms with Crippen LogP contribution in [-0.4, -0.2) is 29.3 Å². The van der Waals surface area contributed by atoms with Gasteiger partial charge in [-0.2, -0.15) is 22.0 Å². The Bertz CT molecular complexity index is 231. The minimum Gasteiger partial charge on any atom is -0.474 e. The predicted molar refractivity (Wildman–Crippen MR) is 24.7 cm³/mol. The first-order valence-corrected chi connectivity index (χ1v) is 2.49. The van der Waals surface area contributed by atoms with Crippen LogP contribution in [0.4, 0.5) is 22.0 Å². The number of halogens is 5. The molecule has 0 saturated carbocycles. The van der Waals surface area contributed by atoms with Gasteiger partial charge in [0, 0.05) is 0 Å². The Morgan fingerprint density at radius 1 is 1.08 bits per heavy atom. The second kappa shape index (κ2) is 3.15. The van der Waals surface area contributed by atoms with Crippen molar-refractivity contribution in [3.8, 4) is 0 Å². The number of carbonyl (C=O) groups excluding carboxylic acids is 1. The molecule has 0 spiro atoms. The van der Waals surface area contributed by atoms with Gasteiger partial charge in [0.1, 0.15) is 0 Å². The van der Waals surface area contributed by atoms with Crippen molar-refractivity contribution in [1.29, 1.82) is 0 Å². The van der Waals surface area contributed by atoms with Gasteiger partial charge in [0.2, 0.25) is 0 Å². The minimum atomic E-state index is -5.65. The van der Waals surface area contributed by atoms with E-state index in [1.807, 2.05) is 0 Å². The Kier molecular flexibility index (Phi) is 2.81. The van der Waals surface area contributed by atoms with Crippen LogP contribution in [0.25, 0.3) is 0 Å². The van der Waals surface area contributed by atoms with E-state index in [4.69, 9.17) is 5.11 Å². The molecule has 0 aromatic carbocycles. The van der Waals surface area contributed by atoms with Gasteiger partial charge >= 0.3 is 24.2 Å². The van der Waals surface area contributed by atoms with E-state index in [-0.39, 0.29) is 0 Å². The van der Waals surface area contributed by atoms with Gasteiger partial charge in [-0.3, -0.25) is 0 Å². The van der Waals surface area contributed by atoms with Gasteiger partial charge in [-0.05, 0) is 0 Å². The third kappa shape index (κ3) is 3.22. The summed E-state index contributed by atoms with van der Waals surface area (Å²) in [5.74, 6) is -6.25. The lowest BCUT2D eigenvalue weighted by atomic mass is 10.6. The molecule has 0 radical (unpaired) electrons. The molecule has 76 valence electrons. The van der Waals surface area contributed by atoms with Crippen LogP contribution in [-0.2, 0) is 14.3 Å². The second-order valence-corrected chi connectivity index (χ2v) is 1.71. The van der Waals surface area contributed by atoms with Gasteiger partial charge in [0.25, 0.3) is 0 Å². The molecule has 0 heterocycles. The average molecular weight is 208 g/mol. The molecule has 9 heteroatoms. The lowest BCUT2D eigenvalue weighted by Gasteiger charge is -2.12. The summed E-state index contributed by atoms with van der Waals surface area (Å²) in [6.07, 6.45) is -10.8. The Morgan fingerprint density at radius 2 is 1.46 bits per heavy atom. The van der Waals surface area contributed by atoms with Crippen molar-refractivity contribution in [2.45, 2.75) is 12.3 Å². The third-order valence-electron chi connectivity index (χ3n) is 0.701. The molecule has 0 aliphatic rings. The maximum Gasteiger partial charge on any atom is 0.504 e. The zero-order chi connectivity index (χ0) is 10.9. The van der Waals surface area contributed by atoms with Crippen LogP contribution in [0.15, 0.2) is 0 Å². The topological polar surface area (TPSA) is 63.6 Å². The Balaban J connectivity index is 4.47. The minimum absolute atomic E-state index is 2.37. The van der Waals surface area contributed by atoms with Crippen LogP contribution in [0, 0.1) is 0 Å². The van der Waals surface area contributed by atoms with E-state index in [1.165, 1.54) is 0 Å². The summed E-state index contributed by atoms with van der Waals surface area (Å²) in [7, 11) is 0. The highest BCUT2D eigenvalue weighted by atomic mass is 19.4. The molecule has 4 nitrogen and oxygen atoms in total. The molecular formula is C4HF5O4. The summed E-state index contributed by atoms with van der Waals surface area (Å²) < 4.78 is 59.7. The average Bonchev–Trinajstić information content (AvgIpc) is 1.83. The standard InChI is InChI=1S/C4HF5O4/c5-3(6,7)2(12)13-4(8,9)1(10)11/h(H,10,11). The molecule has 0 aliphatic heterocycles. The Morgan fingerprint density at radius 3 is 1.69 bits per heavy atom. The number of aliphatic carboxylic acids is 1. The van der Waals surface area contributed by atoms with Crippen molar-refractivity contribution in [1.82, 2.24) is 0 Å². The van der Waals surface area contributed by atoms with Crippen molar-refractivity contribution in [3.05, 3.63) is 0 Å². The van der Waals surface area contributed by atoms with Gasteiger partial charge in [0.05, 0.1) is 0 Å². The molecule has 0 fully saturated rings. The molecule has 0 aliphatic carbocycles. The van der Waals surface area contributed by atoms with E-state index in [2.05, 4.69) is 4.74 Å². The summed E-state index contributed by atoms with van der Waals surface area (Å²) in [6.45, 7) is 0. The predicted octanol–water partition coefficient (Wildman–Crippen LogP) is 0.769. The van der Waals surface area contributed by atoms with E-state index < -0.39 is 24.2 Å². The van der Waals surface area contributed by atoms with E-state index >= 15 is 0 Å². The van der Waals surface area contributed by atoms with E-state index in [0.717, 1.165) is 0 Å². The highest BCUT2D eigenvalue weighted by Crippen LogP contribution is 2.23. The number of carboxylic acid groups (broad SMARTS) is 1. The van der Waals surface area contributed by atoms with Gasteiger partial charge in [-0.1, -0.05) is 0 Å². The zero-order valence-electron chi connectivity index (χ0n) is 5.56. The van der Waals surface area contributed by atoms with Gasteiger partial charge in [0.15, 0.2) is 0 Å². The Hall–Kier alpha value is -1.41. The zero-order valence-corrected chi connectivity index (χ0v) is 5.56. The molecule has 0 saturated heterocycles. The van der Waals surface area contributed by atoms with E-state index in [1.54, 1.807) is 0 Å². The number of hydrogen-bond donors (Lipinski definition) is 1. The number of ether oxygens (including phenoxy) is 1. The smallest absolute Gasteiger partial charge is 0.474 e. The van der Waals surface area contributed by atoms with Crippen LogP contribution in [0.5, 0.6) is 0 Å². The summed E-state index contributed by atoms with van der Waals surface area (Å²) in [5.41, 5.74) is 0. The Labute approximate surface area is 66.9 Å². The van der Waals surface area contributed by atoms with Crippen molar-refractivity contribution >= 4 is 11.9 Å². The van der Waals surface area contributed by atoms with Crippen molar-refractivity contribution in [2.24, 2.45) is 0 Å².